The van der Waals surface area contributed by atoms with Crippen LogP contribution in [0.1, 0.15) is 0 Å². The van der Waals surface area contributed by atoms with Gasteiger partial charge in [-0.2, -0.15) is 24.4 Å². The standard InChI is InChI=1S/C4H10O7S3/c5-13(6)10-1-3-12-4-2-11-14(7,8)9/h1-4H2,(H,5,6)(H,7,8,9). The number of hydrogen-bond donors (Lipinski definition) is 2. The topological polar surface area (TPSA) is 110 Å². The lowest BCUT2D eigenvalue weighted by molar-refractivity contribution is 0.285. The highest BCUT2D eigenvalue weighted by molar-refractivity contribution is 7.99. The van der Waals surface area contributed by atoms with Crippen molar-refractivity contribution >= 4 is 33.5 Å². The van der Waals surface area contributed by atoms with E-state index in [4.69, 9.17) is 9.11 Å². The third-order valence-corrected chi connectivity index (χ3v) is 2.62. The summed E-state index contributed by atoms with van der Waals surface area (Å²) >= 11 is -1.00. The summed E-state index contributed by atoms with van der Waals surface area (Å²) in [4.78, 5) is 0. The van der Waals surface area contributed by atoms with Gasteiger partial charge in [-0.3, -0.25) is 13.3 Å². The number of hydrogen-bond acceptors (Lipinski definition) is 6. The Balaban J connectivity index is 3.19. The molecule has 0 aromatic carbocycles. The Morgan fingerprint density at radius 2 is 1.86 bits per heavy atom. The molecule has 1 unspecified atom stereocenters. The van der Waals surface area contributed by atoms with Crippen LogP contribution >= 0.6 is 11.8 Å². The second-order valence-electron chi connectivity index (χ2n) is 1.90. The van der Waals surface area contributed by atoms with Gasteiger partial charge in [-0.15, -0.1) is 0 Å². The molecular weight excluding hydrogens is 256 g/mol. The third-order valence-electron chi connectivity index (χ3n) is 0.872. The summed E-state index contributed by atoms with van der Waals surface area (Å²) < 4.78 is 54.6. The van der Waals surface area contributed by atoms with Gasteiger partial charge < -0.3 is 0 Å². The highest BCUT2D eigenvalue weighted by Crippen LogP contribution is 2.00. The first kappa shape index (κ1) is 14.3. The molecule has 0 spiro atoms. The van der Waals surface area contributed by atoms with E-state index in [0.717, 1.165) is 0 Å². The molecule has 0 saturated heterocycles. The lowest BCUT2D eigenvalue weighted by Crippen LogP contribution is -2.07. The first-order valence-corrected chi connectivity index (χ1v) is 6.90. The minimum absolute atomic E-state index is 0.0830. The molecule has 10 heteroatoms. The zero-order chi connectivity index (χ0) is 11.0. The Morgan fingerprint density at radius 1 is 1.29 bits per heavy atom. The SMILES string of the molecule is O=S(O)OCCSCCOS(=O)(=O)O. The van der Waals surface area contributed by atoms with Crippen LogP contribution in [0.5, 0.6) is 0 Å². The van der Waals surface area contributed by atoms with Gasteiger partial charge in [0.2, 0.25) is 0 Å². The molecule has 0 heterocycles. The van der Waals surface area contributed by atoms with Crippen LogP contribution in [0.2, 0.25) is 0 Å². The summed E-state index contributed by atoms with van der Waals surface area (Å²) in [5.74, 6) is 0.766. The smallest absolute Gasteiger partial charge is 0.284 e. The zero-order valence-electron chi connectivity index (χ0n) is 6.99. The summed E-state index contributed by atoms with van der Waals surface area (Å²) in [7, 11) is -4.36. The zero-order valence-corrected chi connectivity index (χ0v) is 9.44. The van der Waals surface area contributed by atoms with Crippen molar-refractivity contribution < 1.29 is 30.1 Å². The molecule has 7 nitrogen and oxygen atoms in total. The Hall–Kier alpha value is 0.290. The maximum Gasteiger partial charge on any atom is 0.397 e. The molecule has 0 bridgehead atoms. The molecule has 0 aromatic rings. The summed E-state index contributed by atoms with van der Waals surface area (Å²) in [5.41, 5.74) is 0. The Labute approximate surface area is 88.6 Å². The van der Waals surface area contributed by atoms with E-state index in [1.54, 1.807) is 0 Å². The minimum Gasteiger partial charge on any atom is -0.284 e. The van der Waals surface area contributed by atoms with Crippen LogP contribution in [0.4, 0.5) is 0 Å². The van der Waals surface area contributed by atoms with Crippen molar-refractivity contribution in [1.82, 2.24) is 0 Å². The van der Waals surface area contributed by atoms with Crippen LogP contribution in [0.3, 0.4) is 0 Å². The van der Waals surface area contributed by atoms with Gasteiger partial charge in [0.25, 0.3) is 0 Å². The van der Waals surface area contributed by atoms with Crippen molar-refractivity contribution in [2.45, 2.75) is 0 Å². The molecule has 86 valence electrons. The predicted molar refractivity (Wildman–Crippen MR) is 51.5 cm³/mol. The van der Waals surface area contributed by atoms with Crippen LogP contribution in [0.25, 0.3) is 0 Å². The molecule has 0 aliphatic carbocycles. The van der Waals surface area contributed by atoms with E-state index < -0.39 is 21.8 Å². The van der Waals surface area contributed by atoms with Crippen molar-refractivity contribution in [3.63, 3.8) is 0 Å². The highest BCUT2D eigenvalue weighted by atomic mass is 32.3. The normalized spacial score (nSPS) is 14.1. The minimum atomic E-state index is -4.36. The van der Waals surface area contributed by atoms with Gasteiger partial charge in [0.1, 0.15) is 0 Å². The molecule has 0 aliphatic rings. The fraction of sp³-hybridized carbons (Fsp3) is 1.00. The Morgan fingerprint density at radius 3 is 2.36 bits per heavy atom. The third kappa shape index (κ3) is 12.3. The fourth-order valence-corrected chi connectivity index (χ4v) is 1.80. The van der Waals surface area contributed by atoms with Gasteiger partial charge in [-0.1, -0.05) is 0 Å². The first-order valence-electron chi connectivity index (χ1n) is 3.35. The van der Waals surface area contributed by atoms with Crippen molar-refractivity contribution in [3.8, 4) is 0 Å². The predicted octanol–water partition coefficient (Wildman–Crippen LogP) is -0.308. The Bertz CT molecular complexity index is 260. The summed E-state index contributed by atoms with van der Waals surface area (Å²) in [6.07, 6.45) is 0. The van der Waals surface area contributed by atoms with E-state index in [1.165, 1.54) is 11.8 Å². The second kappa shape index (κ2) is 7.56. The molecule has 0 rings (SSSR count). The van der Waals surface area contributed by atoms with Crippen LogP contribution in [0, 0.1) is 0 Å². The van der Waals surface area contributed by atoms with Crippen LogP contribution < -0.4 is 0 Å². The molecule has 0 aromatic heterocycles. The lowest BCUT2D eigenvalue weighted by atomic mass is 10.9. The van der Waals surface area contributed by atoms with E-state index in [-0.39, 0.29) is 13.2 Å². The van der Waals surface area contributed by atoms with Crippen molar-refractivity contribution in [3.05, 3.63) is 0 Å². The molecule has 0 aliphatic heterocycles. The van der Waals surface area contributed by atoms with Gasteiger partial charge in [0.05, 0.1) is 13.2 Å². The van der Waals surface area contributed by atoms with Crippen molar-refractivity contribution in [2.24, 2.45) is 0 Å². The van der Waals surface area contributed by atoms with E-state index >= 15 is 0 Å². The lowest BCUT2D eigenvalue weighted by Gasteiger charge is -2.00. The molecule has 0 radical (unpaired) electrons. The van der Waals surface area contributed by atoms with E-state index in [9.17, 15) is 12.6 Å². The van der Waals surface area contributed by atoms with Gasteiger partial charge in [-0.25, -0.2) is 4.18 Å². The van der Waals surface area contributed by atoms with Crippen molar-refractivity contribution in [1.29, 1.82) is 0 Å². The van der Waals surface area contributed by atoms with Crippen LogP contribution in [0.15, 0.2) is 0 Å². The fourth-order valence-electron chi connectivity index (χ4n) is 0.465. The molecule has 14 heavy (non-hydrogen) atoms. The van der Waals surface area contributed by atoms with E-state index in [1.807, 2.05) is 0 Å². The molecule has 2 N–H and O–H groups in total. The summed E-state index contributed by atoms with van der Waals surface area (Å²) in [5, 5.41) is 0. The van der Waals surface area contributed by atoms with Gasteiger partial charge >= 0.3 is 21.8 Å². The molecular formula is C4H10O7S3. The first-order chi connectivity index (χ1) is 6.42. The monoisotopic (exact) mass is 266 g/mol. The maximum atomic E-state index is 10.0. The van der Waals surface area contributed by atoms with Gasteiger partial charge in [0.15, 0.2) is 0 Å². The maximum absolute atomic E-state index is 10.0. The summed E-state index contributed by atoms with van der Waals surface area (Å²) in [6.45, 7) is -0.0641. The van der Waals surface area contributed by atoms with E-state index in [0.29, 0.717) is 11.5 Å². The quantitative estimate of drug-likeness (QED) is 0.350. The second-order valence-corrected chi connectivity index (χ2v) is 4.89. The van der Waals surface area contributed by atoms with E-state index in [2.05, 4.69) is 8.37 Å². The largest absolute Gasteiger partial charge is 0.397 e. The average Bonchev–Trinajstić information content (AvgIpc) is 2.00. The van der Waals surface area contributed by atoms with Gasteiger partial charge in [0, 0.05) is 11.5 Å². The van der Waals surface area contributed by atoms with Crippen molar-refractivity contribution in [2.75, 3.05) is 24.7 Å². The van der Waals surface area contributed by atoms with Crippen LogP contribution in [-0.2, 0) is 30.1 Å². The van der Waals surface area contributed by atoms with Crippen LogP contribution in [-0.4, -0.2) is 46.5 Å². The number of rotatable bonds is 8. The average molecular weight is 266 g/mol. The molecule has 1 atom stereocenters. The molecule has 0 saturated carbocycles. The number of thioether (sulfide) groups is 1. The van der Waals surface area contributed by atoms with Gasteiger partial charge in [-0.05, 0) is 0 Å². The molecule has 0 fully saturated rings. The highest BCUT2D eigenvalue weighted by Gasteiger charge is 2.02. The molecule has 0 amide bonds. The Kier molecular flexibility index (Phi) is 7.72. The summed E-state index contributed by atoms with van der Waals surface area (Å²) in [6, 6.07) is 0.